The highest BCUT2D eigenvalue weighted by Crippen LogP contribution is 2.22. The zero-order valence-corrected chi connectivity index (χ0v) is 22.1. The molecule has 11 nitrogen and oxygen atoms in total. The van der Waals surface area contributed by atoms with Crippen LogP contribution in [0, 0.1) is 5.92 Å². The third kappa shape index (κ3) is 7.11. The molecule has 0 saturated carbocycles. The minimum atomic E-state index is -1.14. The number of aromatic nitrogens is 1. The number of fused-ring (bicyclic) bond motifs is 1. The fraction of sp³-hybridized carbons (Fsp3) is 0.556. The van der Waals surface area contributed by atoms with E-state index in [-0.39, 0.29) is 11.8 Å². The SMILES string of the molecule is CC(C)C(NC(=O)C(CCCCN)NC(=O)C1CCCN1C(=O)C(N)Cc1c[nH]c2ccccc12)C(=O)O. The van der Waals surface area contributed by atoms with Crippen LogP contribution in [-0.4, -0.2) is 75.9 Å². The van der Waals surface area contributed by atoms with Crippen molar-refractivity contribution in [1.29, 1.82) is 0 Å². The van der Waals surface area contributed by atoms with Crippen LogP contribution in [0.1, 0.15) is 51.5 Å². The van der Waals surface area contributed by atoms with Gasteiger partial charge in [-0.1, -0.05) is 32.0 Å². The summed E-state index contributed by atoms with van der Waals surface area (Å²) in [6.07, 6.45) is 4.81. The van der Waals surface area contributed by atoms with Gasteiger partial charge in [-0.25, -0.2) is 4.79 Å². The summed E-state index contributed by atoms with van der Waals surface area (Å²) in [5.41, 5.74) is 13.8. The average molecular weight is 529 g/mol. The fourth-order valence-corrected chi connectivity index (χ4v) is 4.94. The summed E-state index contributed by atoms with van der Waals surface area (Å²) >= 11 is 0. The van der Waals surface area contributed by atoms with Gasteiger partial charge in [-0.2, -0.15) is 0 Å². The maximum absolute atomic E-state index is 13.3. The summed E-state index contributed by atoms with van der Waals surface area (Å²) in [4.78, 5) is 55.9. The number of likely N-dealkylation sites (tertiary alicyclic amines) is 1. The molecule has 1 fully saturated rings. The number of amides is 3. The number of aromatic amines is 1. The maximum atomic E-state index is 13.3. The second kappa shape index (κ2) is 13.4. The van der Waals surface area contributed by atoms with Gasteiger partial charge in [0.2, 0.25) is 17.7 Å². The second-order valence-corrected chi connectivity index (χ2v) is 10.3. The van der Waals surface area contributed by atoms with Gasteiger partial charge in [0.05, 0.1) is 6.04 Å². The van der Waals surface area contributed by atoms with Gasteiger partial charge in [0.25, 0.3) is 0 Å². The Balaban J connectivity index is 1.68. The summed E-state index contributed by atoms with van der Waals surface area (Å²) in [6, 6.07) is 4.18. The van der Waals surface area contributed by atoms with Crippen molar-refractivity contribution in [2.45, 2.75) is 76.5 Å². The van der Waals surface area contributed by atoms with E-state index in [0.717, 1.165) is 16.5 Å². The van der Waals surface area contributed by atoms with E-state index in [9.17, 15) is 24.3 Å². The number of hydrogen-bond acceptors (Lipinski definition) is 6. The number of aliphatic carboxylic acids is 1. The Kier molecular flexibility index (Phi) is 10.3. The molecule has 3 amide bonds. The van der Waals surface area contributed by atoms with E-state index in [4.69, 9.17) is 11.5 Å². The lowest BCUT2D eigenvalue weighted by atomic mass is 10.0. The molecule has 2 heterocycles. The highest BCUT2D eigenvalue weighted by molar-refractivity contribution is 5.94. The predicted molar refractivity (Wildman–Crippen MR) is 144 cm³/mol. The molecule has 0 radical (unpaired) electrons. The van der Waals surface area contributed by atoms with Crippen molar-refractivity contribution in [2.24, 2.45) is 17.4 Å². The van der Waals surface area contributed by atoms with Gasteiger partial charge >= 0.3 is 5.97 Å². The van der Waals surface area contributed by atoms with E-state index in [0.29, 0.717) is 51.6 Å². The Morgan fingerprint density at radius 1 is 1.16 bits per heavy atom. The highest BCUT2D eigenvalue weighted by atomic mass is 16.4. The highest BCUT2D eigenvalue weighted by Gasteiger charge is 2.38. The third-order valence-corrected chi connectivity index (χ3v) is 7.08. The van der Waals surface area contributed by atoms with Crippen LogP contribution in [0.4, 0.5) is 0 Å². The van der Waals surface area contributed by atoms with E-state index in [1.54, 1.807) is 13.8 Å². The van der Waals surface area contributed by atoms with Gasteiger partial charge in [0.15, 0.2) is 0 Å². The van der Waals surface area contributed by atoms with Crippen LogP contribution < -0.4 is 22.1 Å². The lowest BCUT2D eigenvalue weighted by Crippen LogP contribution is -2.57. The van der Waals surface area contributed by atoms with Crippen molar-refractivity contribution in [3.8, 4) is 0 Å². The molecule has 1 aliphatic heterocycles. The van der Waals surface area contributed by atoms with Crippen LogP contribution in [0.5, 0.6) is 0 Å². The van der Waals surface area contributed by atoms with Crippen LogP contribution >= 0.6 is 0 Å². The van der Waals surface area contributed by atoms with Gasteiger partial charge < -0.3 is 37.1 Å². The molecule has 1 aliphatic rings. The molecule has 1 aromatic heterocycles. The van der Waals surface area contributed by atoms with E-state index in [2.05, 4.69) is 15.6 Å². The van der Waals surface area contributed by atoms with Crippen molar-refractivity contribution in [3.63, 3.8) is 0 Å². The van der Waals surface area contributed by atoms with Crippen molar-refractivity contribution in [1.82, 2.24) is 20.5 Å². The molecule has 8 N–H and O–H groups in total. The molecule has 11 heteroatoms. The number of carboxylic acids is 1. The first-order chi connectivity index (χ1) is 18.1. The van der Waals surface area contributed by atoms with Crippen molar-refractivity contribution >= 4 is 34.6 Å². The van der Waals surface area contributed by atoms with Gasteiger partial charge in [-0.05, 0) is 62.6 Å². The molecule has 0 spiro atoms. The molecule has 2 aromatic rings. The number of nitrogens with two attached hydrogens (primary N) is 2. The topological polar surface area (TPSA) is 184 Å². The quantitative estimate of drug-likeness (QED) is 0.208. The standard InChI is InChI=1S/C27H40N6O5/c1-16(2)23(27(37)38)32-24(34)21(10-5-6-12-28)31-25(35)22-11-7-13-33(22)26(36)19(29)14-17-15-30-20-9-4-3-8-18(17)20/h3-4,8-9,15-16,19,21-23,30H,5-7,10-14,28-29H2,1-2H3,(H,31,35)(H,32,34)(H,37,38). The molecule has 208 valence electrons. The van der Waals surface area contributed by atoms with Crippen molar-refractivity contribution in [2.75, 3.05) is 13.1 Å². The number of nitrogens with zero attached hydrogens (tertiary/aromatic N) is 1. The lowest BCUT2D eigenvalue weighted by molar-refractivity contribution is -0.144. The average Bonchev–Trinajstić information content (AvgIpc) is 3.53. The normalized spacial score (nSPS) is 17.8. The van der Waals surface area contributed by atoms with Gasteiger partial charge in [-0.3, -0.25) is 14.4 Å². The molecule has 0 aliphatic carbocycles. The number of unbranched alkanes of at least 4 members (excludes halogenated alkanes) is 1. The minimum Gasteiger partial charge on any atom is -0.480 e. The lowest BCUT2D eigenvalue weighted by Gasteiger charge is -2.29. The van der Waals surface area contributed by atoms with Crippen molar-refractivity contribution in [3.05, 3.63) is 36.0 Å². The number of carbonyl (C=O) groups excluding carboxylic acids is 3. The van der Waals surface area contributed by atoms with E-state index < -0.39 is 42.0 Å². The van der Waals surface area contributed by atoms with E-state index >= 15 is 0 Å². The molecule has 4 atom stereocenters. The van der Waals surface area contributed by atoms with Gasteiger partial charge in [-0.15, -0.1) is 0 Å². The first-order valence-electron chi connectivity index (χ1n) is 13.3. The first kappa shape index (κ1) is 29.1. The Bertz CT molecular complexity index is 1130. The number of benzene rings is 1. The predicted octanol–water partition coefficient (Wildman–Crippen LogP) is 0.868. The number of carbonyl (C=O) groups is 4. The Morgan fingerprint density at radius 2 is 1.89 bits per heavy atom. The summed E-state index contributed by atoms with van der Waals surface area (Å²) in [5, 5.41) is 15.8. The number of nitrogens with one attached hydrogen (secondary N) is 3. The van der Waals surface area contributed by atoms with Gasteiger partial charge in [0, 0.05) is 23.6 Å². The Labute approximate surface area is 222 Å². The van der Waals surface area contributed by atoms with Crippen LogP contribution in [0.15, 0.2) is 30.5 Å². The number of hydrogen-bond donors (Lipinski definition) is 6. The fourth-order valence-electron chi connectivity index (χ4n) is 4.94. The smallest absolute Gasteiger partial charge is 0.326 e. The number of rotatable bonds is 13. The molecule has 0 bridgehead atoms. The monoisotopic (exact) mass is 528 g/mol. The summed E-state index contributed by atoms with van der Waals surface area (Å²) in [6.45, 7) is 4.23. The van der Waals surface area contributed by atoms with Crippen LogP contribution in [0.2, 0.25) is 0 Å². The molecular formula is C27H40N6O5. The maximum Gasteiger partial charge on any atom is 0.326 e. The number of carboxylic acid groups (broad SMARTS) is 1. The number of para-hydroxylation sites is 1. The summed E-state index contributed by atoms with van der Waals surface area (Å²) in [7, 11) is 0. The zero-order chi connectivity index (χ0) is 27.8. The molecule has 1 saturated heterocycles. The minimum absolute atomic E-state index is 0.306. The summed E-state index contributed by atoms with van der Waals surface area (Å²) in [5.74, 6) is -2.80. The molecule has 4 unspecified atom stereocenters. The second-order valence-electron chi connectivity index (χ2n) is 10.3. The molecule has 3 rings (SSSR count). The third-order valence-electron chi connectivity index (χ3n) is 7.08. The van der Waals surface area contributed by atoms with Crippen LogP contribution in [0.3, 0.4) is 0 Å². The zero-order valence-electron chi connectivity index (χ0n) is 22.1. The molecular weight excluding hydrogens is 488 g/mol. The molecule has 38 heavy (non-hydrogen) atoms. The molecule has 1 aromatic carbocycles. The number of H-pyrrole nitrogens is 1. The van der Waals surface area contributed by atoms with E-state index in [1.807, 2.05) is 30.5 Å². The van der Waals surface area contributed by atoms with Gasteiger partial charge in [0.1, 0.15) is 18.1 Å². The Hall–Kier alpha value is -3.44. The summed E-state index contributed by atoms with van der Waals surface area (Å²) < 4.78 is 0. The largest absolute Gasteiger partial charge is 0.480 e. The van der Waals surface area contributed by atoms with Crippen LogP contribution in [-0.2, 0) is 25.6 Å². The van der Waals surface area contributed by atoms with Crippen LogP contribution in [0.25, 0.3) is 10.9 Å². The van der Waals surface area contributed by atoms with Crippen molar-refractivity contribution < 1.29 is 24.3 Å². The first-order valence-corrected chi connectivity index (χ1v) is 13.3. The Morgan fingerprint density at radius 3 is 2.58 bits per heavy atom. The van der Waals surface area contributed by atoms with E-state index in [1.165, 1.54) is 4.90 Å².